The maximum Gasteiger partial charge on any atom is 0.330 e. The minimum Gasteiger partial charge on any atom is -0.460 e. The molecule has 4 nitrogen and oxygen atoms in total. The number of hydrogen-bond acceptors (Lipinski definition) is 4. The summed E-state index contributed by atoms with van der Waals surface area (Å²) in [5.41, 5.74) is 0. The number of hydrogen-bond donors (Lipinski definition) is 0. The van der Waals surface area contributed by atoms with Crippen molar-refractivity contribution in [2.75, 3.05) is 33.0 Å². The van der Waals surface area contributed by atoms with Crippen LogP contribution in [0.15, 0.2) is 12.7 Å². The van der Waals surface area contributed by atoms with Gasteiger partial charge in [-0.3, -0.25) is 0 Å². The topological polar surface area (TPSA) is 44.8 Å². The molecular formula is C20H38O4. The van der Waals surface area contributed by atoms with E-state index in [0.717, 1.165) is 19.1 Å². The number of carbonyl (C=O) groups excluding carboxylic acids is 1. The second-order valence-electron chi connectivity index (χ2n) is 6.13. The fourth-order valence-electron chi connectivity index (χ4n) is 2.45. The van der Waals surface area contributed by atoms with E-state index in [0.29, 0.717) is 19.8 Å². The molecule has 0 aliphatic rings. The Morgan fingerprint density at radius 1 is 0.708 bits per heavy atom. The van der Waals surface area contributed by atoms with Gasteiger partial charge in [0.05, 0.1) is 19.8 Å². The lowest BCUT2D eigenvalue weighted by molar-refractivity contribution is -0.139. The summed E-state index contributed by atoms with van der Waals surface area (Å²) in [5, 5.41) is 0. The Bertz CT molecular complexity index is 279. The predicted octanol–water partition coefficient (Wildman–Crippen LogP) is 5.06. The van der Waals surface area contributed by atoms with E-state index in [1.54, 1.807) is 0 Å². The second-order valence-corrected chi connectivity index (χ2v) is 6.13. The summed E-state index contributed by atoms with van der Waals surface area (Å²) in [4.78, 5) is 10.8. The molecule has 0 saturated carbocycles. The SMILES string of the molecule is C=CC(=O)OCCOCCOCCCCCCCCCCCCC. The van der Waals surface area contributed by atoms with Gasteiger partial charge in [-0.15, -0.1) is 0 Å². The molecule has 4 heteroatoms. The molecule has 0 aromatic rings. The zero-order valence-electron chi connectivity index (χ0n) is 15.7. The van der Waals surface area contributed by atoms with Crippen LogP contribution in [0.4, 0.5) is 0 Å². The van der Waals surface area contributed by atoms with Crippen LogP contribution in [0.3, 0.4) is 0 Å². The third-order valence-electron chi connectivity index (χ3n) is 3.90. The van der Waals surface area contributed by atoms with Gasteiger partial charge in [0.15, 0.2) is 0 Å². The van der Waals surface area contributed by atoms with E-state index in [4.69, 9.17) is 14.2 Å². The molecule has 0 fully saturated rings. The summed E-state index contributed by atoms with van der Waals surface area (Å²) in [6, 6.07) is 0. The van der Waals surface area contributed by atoms with Crippen LogP contribution in [0, 0.1) is 0 Å². The van der Waals surface area contributed by atoms with Gasteiger partial charge < -0.3 is 14.2 Å². The van der Waals surface area contributed by atoms with Crippen LogP contribution >= 0.6 is 0 Å². The molecule has 0 aromatic heterocycles. The first-order chi connectivity index (χ1) is 11.8. The average molecular weight is 343 g/mol. The highest BCUT2D eigenvalue weighted by molar-refractivity contribution is 5.81. The molecule has 0 aliphatic carbocycles. The number of unbranched alkanes of at least 4 members (excludes halogenated alkanes) is 10. The van der Waals surface area contributed by atoms with Gasteiger partial charge in [-0.05, 0) is 6.42 Å². The molecule has 0 aromatic carbocycles. The van der Waals surface area contributed by atoms with Gasteiger partial charge in [0.1, 0.15) is 6.61 Å². The highest BCUT2D eigenvalue weighted by atomic mass is 16.6. The van der Waals surface area contributed by atoms with Gasteiger partial charge in [-0.1, -0.05) is 77.7 Å². The fourth-order valence-corrected chi connectivity index (χ4v) is 2.45. The third-order valence-corrected chi connectivity index (χ3v) is 3.90. The summed E-state index contributed by atoms with van der Waals surface area (Å²) in [6.07, 6.45) is 16.0. The quantitative estimate of drug-likeness (QED) is 0.187. The van der Waals surface area contributed by atoms with E-state index in [-0.39, 0.29) is 6.61 Å². The van der Waals surface area contributed by atoms with Crippen molar-refractivity contribution in [3.8, 4) is 0 Å². The molecule has 0 atom stereocenters. The van der Waals surface area contributed by atoms with Crippen molar-refractivity contribution in [1.29, 1.82) is 0 Å². The normalized spacial score (nSPS) is 10.7. The first kappa shape index (κ1) is 23.1. The molecule has 0 aliphatic heterocycles. The summed E-state index contributed by atoms with van der Waals surface area (Å²) < 4.78 is 15.6. The molecule has 0 unspecified atom stereocenters. The molecule has 0 heterocycles. The van der Waals surface area contributed by atoms with Crippen molar-refractivity contribution in [2.24, 2.45) is 0 Å². The number of ether oxygens (including phenoxy) is 3. The lowest BCUT2D eigenvalue weighted by atomic mass is 10.1. The molecule has 0 spiro atoms. The van der Waals surface area contributed by atoms with E-state index in [9.17, 15) is 4.79 Å². The Morgan fingerprint density at radius 2 is 1.17 bits per heavy atom. The van der Waals surface area contributed by atoms with Crippen molar-refractivity contribution in [3.05, 3.63) is 12.7 Å². The van der Waals surface area contributed by atoms with Crippen LogP contribution < -0.4 is 0 Å². The second kappa shape index (κ2) is 20.2. The molecule has 0 saturated heterocycles. The number of carbonyl (C=O) groups is 1. The zero-order chi connectivity index (χ0) is 17.7. The summed E-state index contributed by atoms with van der Waals surface area (Å²) in [5.74, 6) is -0.411. The van der Waals surface area contributed by atoms with Crippen LogP contribution in [0.1, 0.15) is 77.6 Å². The standard InChI is InChI=1S/C20H38O4/c1-3-5-6-7-8-9-10-11-12-13-14-15-22-16-17-23-18-19-24-20(21)4-2/h4H,2-3,5-19H2,1H3. The maximum absolute atomic E-state index is 10.8. The fraction of sp³-hybridized carbons (Fsp3) is 0.850. The maximum atomic E-state index is 10.8. The first-order valence-corrected chi connectivity index (χ1v) is 9.76. The minimum atomic E-state index is -0.411. The van der Waals surface area contributed by atoms with Crippen molar-refractivity contribution < 1.29 is 19.0 Å². The van der Waals surface area contributed by atoms with Gasteiger partial charge >= 0.3 is 5.97 Å². The minimum absolute atomic E-state index is 0.267. The summed E-state index contributed by atoms with van der Waals surface area (Å²) in [6.45, 7) is 8.22. The largest absolute Gasteiger partial charge is 0.460 e. The van der Waals surface area contributed by atoms with Crippen molar-refractivity contribution in [3.63, 3.8) is 0 Å². The molecule has 0 rings (SSSR count). The highest BCUT2D eigenvalue weighted by Gasteiger charge is 1.96. The Morgan fingerprint density at radius 3 is 1.71 bits per heavy atom. The smallest absolute Gasteiger partial charge is 0.330 e. The average Bonchev–Trinajstić information content (AvgIpc) is 2.60. The van der Waals surface area contributed by atoms with E-state index in [1.165, 1.54) is 64.2 Å². The lowest BCUT2D eigenvalue weighted by Gasteiger charge is -2.06. The van der Waals surface area contributed by atoms with Gasteiger partial charge in [-0.2, -0.15) is 0 Å². The van der Waals surface area contributed by atoms with Crippen LogP contribution in [0.25, 0.3) is 0 Å². The van der Waals surface area contributed by atoms with E-state index >= 15 is 0 Å². The summed E-state index contributed by atoms with van der Waals surface area (Å²) >= 11 is 0. The van der Waals surface area contributed by atoms with E-state index in [1.807, 2.05) is 0 Å². The number of esters is 1. The van der Waals surface area contributed by atoms with Gasteiger partial charge in [0, 0.05) is 12.7 Å². The monoisotopic (exact) mass is 342 g/mol. The van der Waals surface area contributed by atoms with Crippen molar-refractivity contribution in [2.45, 2.75) is 77.6 Å². The molecule has 0 N–H and O–H groups in total. The Kier molecular flexibility index (Phi) is 19.4. The first-order valence-electron chi connectivity index (χ1n) is 9.76. The van der Waals surface area contributed by atoms with Crippen LogP contribution in [-0.2, 0) is 19.0 Å². The molecular weight excluding hydrogens is 304 g/mol. The number of rotatable bonds is 19. The van der Waals surface area contributed by atoms with Gasteiger partial charge in [0.25, 0.3) is 0 Å². The van der Waals surface area contributed by atoms with Crippen LogP contribution in [0.2, 0.25) is 0 Å². The summed E-state index contributed by atoms with van der Waals surface area (Å²) in [7, 11) is 0. The van der Waals surface area contributed by atoms with Gasteiger partial charge in [-0.25, -0.2) is 4.79 Å². The molecule has 0 bridgehead atoms. The van der Waals surface area contributed by atoms with E-state index < -0.39 is 5.97 Å². The zero-order valence-corrected chi connectivity index (χ0v) is 15.7. The molecule has 24 heavy (non-hydrogen) atoms. The Labute approximate surface area is 148 Å². The van der Waals surface area contributed by atoms with Crippen molar-refractivity contribution >= 4 is 5.97 Å². The third kappa shape index (κ3) is 19.2. The highest BCUT2D eigenvalue weighted by Crippen LogP contribution is 2.11. The predicted molar refractivity (Wildman–Crippen MR) is 99.3 cm³/mol. The van der Waals surface area contributed by atoms with Crippen LogP contribution in [0.5, 0.6) is 0 Å². The Hall–Kier alpha value is -0.870. The molecule has 142 valence electrons. The van der Waals surface area contributed by atoms with Gasteiger partial charge in [0.2, 0.25) is 0 Å². The molecule has 0 radical (unpaired) electrons. The van der Waals surface area contributed by atoms with Crippen molar-refractivity contribution in [1.82, 2.24) is 0 Å². The lowest BCUT2D eigenvalue weighted by Crippen LogP contribution is -2.11. The molecule has 0 amide bonds. The van der Waals surface area contributed by atoms with Crippen LogP contribution in [-0.4, -0.2) is 39.0 Å². The Balaban J connectivity index is 3.00. The van der Waals surface area contributed by atoms with E-state index in [2.05, 4.69) is 13.5 Å².